The number of para-hydroxylation sites is 1. The minimum atomic E-state index is -0.669. The molecule has 1 atom stereocenters. The lowest BCUT2D eigenvalue weighted by molar-refractivity contribution is -0.118. The number of halogens is 2. The van der Waals surface area contributed by atoms with Gasteiger partial charge in [-0.1, -0.05) is 55.3 Å². The van der Waals surface area contributed by atoms with Crippen LogP contribution in [-0.4, -0.2) is 5.78 Å². The molecule has 1 aliphatic heterocycles. The molecule has 0 saturated heterocycles. The van der Waals surface area contributed by atoms with Crippen LogP contribution in [0.3, 0.4) is 0 Å². The predicted molar refractivity (Wildman–Crippen MR) is 160 cm³/mol. The number of carbonyl (C=O) groups excluding carboxylic acids is 1. The number of rotatable bonds is 5. The van der Waals surface area contributed by atoms with Crippen molar-refractivity contribution >= 4 is 23.1 Å². The number of hydrogen-bond donors (Lipinski definition) is 1. The molecule has 0 bridgehead atoms. The number of hydrogen-bond acceptors (Lipinski definition) is 5. The summed E-state index contributed by atoms with van der Waals surface area (Å²) in [5.41, 5.74) is 12.6. The molecule has 0 aromatic heterocycles. The molecule has 0 spiro atoms. The fraction of sp³-hybridized carbons (Fsp3) is 0.294. The smallest absolute Gasteiger partial charge is 0.162 e. The van der Waals surface area contributed by atoms with E-state index >= 15 is 4.39 Å². The molecule has 2 N–H and O–H groups in total. The van der Waals surface area contributed by atoms with E-state index in [1.165, 1.54) is 6.07 Å². The summed E-state index contributed by atoms with van der Waals surface area (Å²) in [6, 6.07) is 18.2. The maximum atomic E-state index is 15.2. The van der Waals surface area contributed by atoms with Gasteiger partial charge in [-0.3, -0.25) is 9.69 Å². The van der Waals surface area contributed by atoms with Gasteiger partial charge in [0, 0.05) is 22.7 Å². The maximum Gasteiger partial charge on any atom is 0.162 e. The third-order valence-corrected chi connectivity index (χ3v) is 8.24. The number of nitrogens with two attached hydrogens (primary N) is 1. The fourth-order valence-electron chi connectivity index (χ4n) is 6.07. The van der Waals surface area contributed by atoms with Crippen molar-refractivity contribution in [2.24, 2.45) is 11.1 Å². The Bertz CT molecular complexity index is 1680. The van der Waals surface area contributed by atoms with Crippen LogP contribution in [0.4, 0.5) is 10.1 Å². The molecular weight excluding hydrogens is 537 g/mol. The number of benzene rings is 3. The van der Waals surface area contributed by atoms with Crippen LogP contribution in [0.5, 0.6) is 5.75 Å². The monoisotopic (exact) mass is 569 g/mol. The first-order valence-corrected chi connectivity index (χ1v) is 14.0. The lowest BCUT2D eigenvalue weighted by atomic mass is 9.68. The van der Waals surface area contributed by atoms with Crippen LogP contribution in [0.1, 0.15) is 60.4 Å². The van der Waals surface area contributed by atoms with Crippen LogP contribution in [0.2, 0.25) is 5.02 Å². The summed E-state index contributed by atoms with van der Waals surface area (Å²) in [5.74, 6) is -0.331. The Morgan fingerprint density at radius 2 is 1.85 bits per heavy atom. The van der Waals surface area contributed by atoms with Gasteiger partial charge in [0.05, 0.1) is 23.2 Å². The quantitative estimate of drug-likeness (QED) is 0.337. The molecule has 5 rings (SSSR count). The van der Waals surface area contributed by atoms with Gasteiger partial charge in [-0.25, -0.2) is 4.39 Å². The van der Waals surface area contributed by atoms with E-state index in [2.05, 4.69) is 12.1 Å². The van der Waals surface area contributed by atoms with Crippen molar-refractivity contribution in [1.82, 2.24) is 0 Å². The second-order valence-electron chi connectivity index (χ2n) is 11.8. The van der Waals surface area contributed by atoms with Crippen molar-refractivity contribution in [2.75, 3.05) is 4.90 Å². The van der Waals surface area contributed by atoms with Crippen molar-refractivity contribution in [3.8, 4) is 11.8 Å². The second-order valence-corrected chi connectivity index (χ2v) is 12.2. The lowest BCUT2D eigenvalue weighted by Crippen LogP contribution is -2.42. The van der Waals surface area contributed by atoms with E-state index in [4.69, 9.17) is 22.1 Å². The Hall–Kier alpha value is -4.08. The van der Waals surface area contributed by atoms with Crippen molar-refractivity contribution in [1.29, 1.82) is 5.26 Å². The summed E-state index contributed by atoms with van der Waals surface area (Å²) in [4.78, 5) is 15.5. The van der Waals surface area contributed by atoms with Crippen LogP contribution in [0.15, 0.2) is 77.3 Å². The molecule has 3 aromatic rings. The molecule has 3 aromatic carbocycles. The lowest BCUT2D eigenvalue weighted by Gasteiger charge is -2.44. The highest BCUT2D eigenvalue weighted by atomic mass is 35.5. The first-order valence-electron chi connectivity index (χ1n) is 13.6. The molecule has 0 radical (unpaired) electrons. The van der Waals surface area contributed by atoms with Crippen LogP contribution in [-0.2, 0) is 11.4 Å². The number of ether oxygens (including phenoxy) is 1. The Balaban J connectivity index is 1.67. The molecule has 0 saturated carbocycles. The van der Waals surface area contributed by atoms with Gasteiger partial charge >= 0.3 is 0 Å². The molecule has 210 valence electrons. The summed E-state index contributed by atoms with van der Waals surface area (Å²) in [5, 5.41) is 11.1. The molecule has 1 aliphatic carbocycles. The summed E-state index contributed by atoms with van der Waals surface area (Å²) < 4.78 is 21.3. The Morgan fingerprint density at radius 1 is 1.12 bits per heavy atom. The van der Waals surface area contributed by atoms with Crippen molar-refractivity contribution < 1.29 is 13.9 Å². The van der Waals surface area contributed by atoms with E-state index in [0.717, 1.165) is 33.6 Å². The van der Waals surface area contributed by atoms with Gasteiger partial charge in [0.25, 0.3) is 0 Å². The molecule has 0 amide bonds. The van der Waals surface area contributed by atoms with Crippen molar-refractivity contribution in [2.45, 2.75) is 60.0 Å². The summed E-state index contributed by atoms with van der Waals surface area (Å²) >= 11 is 6.12. The number of Topliss-reactive ketones (excluding diaryl/α,β-unsaturated/α-hetero) is 1. The van der Waals surface area contributed by atoms with E-state index in [1.54, 1.807) is 29.2 Å². The van der Waals surface area contributed by atoms with Crippen LogP contribution in [0.25, 0.3) is 0 Å². The Kier molecular flexibility index (Phi) is 7.44. The zero-order chi connectivity index (χ0) is 29.6. The summed E-state index contributed by atoms with van der Waals surface area (Å²) in [7, 11) is 0. The third kappa shape index (κ3) is 5.23. The van der Waals surface area contributed by atoms with E-state index in [0.29, 0.717) is 35.7 Å². The van der Waals surface area contributed by atoms with Gasteiger partial charge in [0.15, 0.2) is 5.78 Å². The highest BCUT2D eigenvalue weighted by molar-refractivity contribution is 6.30. The molecule has 7 heteroatoms. The van der Waals surface area contributed by atoms with E-state index in [1.807, 2.05) is 52.8 Å². The second kappa shape index (κ2) is 10.7. The number of nitrogens with zero attached hydrogens (tertiary/aromatic N) is 2. The van der Waals surface area contributed by atoms with Crippen LogP contribution in [0, 0.1) is 43.3 Å². The molecule has 5 nitrogen and oxygen atoms in total. The predicted octanol–water partition coefficient (Wildman–Crippen LogP) is 7.92. The standard InChI is InChI=1S/C34H33ClFN3O2/c1-19-12-22(18-41-30-11-10-23(35)14-20(30)2)21(3)24(13-19)31-25(17-37)33(38)39(27-9-7-6-8-26(27)36)28-15-34(4,5)16-29(40)32(28)31/h6-14,31H,15-16,18,38H2,1-5H3. The normalized spacial score (nSPS) is 18.3. The molecule has 0 fully saturated rings. The highest BCUT2D eigenvalue weighted by Gasteiger charge is 2.45. The zero-order valence-corrected chi connectivity index (χ0v) is 24.7. The SMILES string of the molecule is Cc1cc(COc2ccc(Cl)cc2C)c(C)c(C2C(C#N)=C(N)N(c3ccccc3F)C3=C2C(=O)CC(C)(C)C3)c1. The number of allylic oxidation sites excluding steroid dienone is 3. The number of nitriles is 1. The largest absolute Gasteiger partial charge is 0.489 e. The third-order valence-electron chi connectivity index (χ3n) is 8.01. The number of aryl methyl sites for hydroxylation is 2. The molecule has 2 aliphatic rings. The van der Waals surface area contributed by atoms with Gasteiger partial charge in [-0.05, 0) is 85.2 Å². The summed E-state index contributed by atoms with van der Waals surface area (Å²) in [6.07, 6.45) is 0.831. The van der Waals surface area contributed by atoms with Crippen molar-refractivity contribution in [3.63, 3.8) is 0 Å². The average Bonchev–Trinajstić information content (AvgIpc) is 2.89. The van der Waals surface area contributed by atoms with Gasteiger partial charge in [-0.2, -0.15) is 5.26 Å². The Labute approximate surface area is 245 Å². The minimum absolute atomic E-state index is 0.0571. The highest BCUT2D eigenvalue weighted by Crippen LogP contribution is 2.51. The van der Waals surface area contributed by atoms with E-state index < -0.39 is 11.7 Å². The van der Waals surface area contributed by atoms with E-state index in [-0.39, 0.29) is 28.3 Å². The van der Waals surface area contributed by atoms with Gasteiger partial charge in [0.2, 0.25) is 0 Å². The average molecular weight is 570 g/mol. The topological polar surface area (TPSA) is 79.3 Å². The first kappa shape index (κ1) is 28.4. The van der Waals surface area contributed by atoms with E-state index in [9.17, 15) is 10.1 Å². The molecule has 41 heavy (non-hydrogen) atoms. The fourth-order valence-corrected chi connectivity index (χ4v) is 6.30. The number of anilines is 1. The minimum Gasteiger partial charge on any atom is -0.489 e. The maximum absolute atomic E-state index is 15.2. The molecule has 1 heterocycles. The molecule has 1 unspecified atom stereocenters. The van der Waals surface area contributed by atoms with Crippen LogP contribution >= 0.6 is 11.6 Å². The van der Waals surface area contributed by atoms with Crippen LogP contribution < -0.4 is 15.4 Å². The van der Waals surface area contributed by atoms with Gasteiger partial charge in [-0.15, -0.1) is 0 Å². The first-order chi connectivity index (χ1) is 19.4. The van der Waals surface area contributed by atoms with Gasteiger partial charge < -0.3 is 10.5 Å². The number of ketones is 1. The van der Waals surface area contributed by atoms with Crippen molar-refractivity contribution in [3.05, 3.63) is 116 Å². The zero-order valence-electron chi connectivity index (χ0n) is 23.9. The van der Waals surface area contributed by atoms with Gasteiger partial charge in [0.1, 0.15) is 24.0 Å². The number of carbonyl (C=O) groups is 1. The summed E-state index contributed by atoms with van der Waals surface area (Å²) in [6.45, 7) is 10.2. The Morgan fingerprint density at radius 3 is 2.54 bits per heavy atom. The molecular formula is C34H33ClFN3O2.